The fourth-order valence-electron chi connectivity index (χ4n) is 3.81. The van der Waals surface area contributed by atoms with E-state index < -0.39 is 9.84 Å². The van der Waals surface area contributed by atoms with Gasteiger partial charge in [-0.05, 0) is 50.8 Å². The summed E-state index contributed by atoms with van der Waals surface area (Å²) in [4.78, 5) is 6.48. The van der Waals surface area contributed by atoms with E-state index in [0.717, 1.165) is 50.3 Å². The molecule has 0 spiro atoms. The van der Waals surface area contributed by atoms with Gasteiger partial charge in [-0.25, -0.2) is 13.4 Å². The molecule has 0 N–H and O–H groups in total. The number of hydrogen-bond donors (Lipinski definition) is 0. The standard InChI is InChI=1S/C22H31N3O4S/c1-24(11-13-29-20-6-3-2-4-7-20)15-19-14-23-22(30(26,27)17-18-9-10-18)25(19)16-21-8-5-12-28-21/h2-4,6-7,14,18,21H,5,8-13,15-17H2,1H3/t21-/m1/s1. The molecule has 30 heavy (non-hydrogen) atoms. The highest BCUT2D eigenvalue weighted by atomic mass is 32.2. The lowest BCUT2D eigenvalue weighted by Gasteiger charge is -2.20. The van der Waals surface area contributed by atoms with Gasteiger partial charge in [-0.15, -0.1) is 0 Å². The van der Waals surface area contributed by atoms with E-state index in [-0.39, 0.29) is 17.0 Å². The van der Waals surface area contributed by atoms with Crippen molar-refractivity contribution in [2.24, 2.45) is 5.92 Å². The van der Waals surface area contributed by atoms with Gasteiger partial charge in [0, 0.05) is 19.7 Å². The van der Waals surface area contributed by atoms with E-state index in [1.165, 1.54) is 0 Å². The summed E-state index contributed by atoms with van der Waals surface area (Å²) in [5, 5.41) is 0.203. The molecular weight excluding hydrogens is 402 g/mol. The van der Waals surface area contributed by atoms with Crippen molar-refractivity contribution < 1.29 is 17.9 Å². The van der Waals surface area contributed by atoms with Crippen molar-refractivity contribution in [3.05, 3.63) is 42.2 Å². The number of nitrogens with zero attached hydrogens (tertiary/aromatic N) is 3. The largest absolute Gasteiger partial charge is 0.492 e. The van der Waals surface area contributed by atoms with E-state index in [1.54, 1.807) is 6.20 Å². The van der Waals surface area contributed by atoms with Crippen molar-refractivity contribution in [3.63, 3.8) is 0 Å². The van der Waals surface area contributed by atoms with Gasteiger partial charge in [0.1, 0.15) is 12.4 Å². The lowest BCUT2D eigenvalue weighted by Crippen LogP contribution is -2.27. The topological polar surface area (TPSA) is 73.7 Å². The third-order valence-corrected chi connectivity index (χ3v) is 7.45. The third-order valence-electron chi connectivity index (χ3n) is 5.66. The number of imidazole rings is 1. The predicted molar refractivity (Wildman–Crippen MR) is 114 cm³/mol. The first-order valence-electron chi connectivity index (χ1n) is 10.8. The van der Waals surface area contributed by atoms with Crippen molar-refractivity contribution in [2.45, 2.75) is 50.0 Å². The van der Waals surface area contributed by atoms with Crippen LogP contribution in [0.3, 0.4) is 0 Å². The third kappa shape index (κ3) is 5.62. The fraction of sp³-hybridized carbons (Fsp3) is 0.591. The molecule has 164 valence electrons. The number of aromatic nitrogens is 2. The first-order chi connectivity index (χ1) is 14.5. The Balaban J connectivity index is 1.43. The van der Waals surface area contributed by atoms with Gasteiger partial charge in [-0.1, -0.05) is 18.2 Å². The van der Waals surface area contributed by atoms with E-state index in [9.17, 15) is 8.42 Å². The summed E-state index contributed by atoms with van der Waals surface area (Å²) >= 11 is 0. The maximum atomic E-state index is 12.9. The summed E-state index contributed by atoms with van der Waals surface area (Å²) < 4.78 is 39.3. The highest BCUT2D eigenvalue weighted by Crippen LogP contribution is 2.32. The summed E-state index contributed by atoms with van der Waals surface area (Å²) in [7, 11) is -1.37. The van der Waals surface area contributed by atoms with Crippen molar-refractivity contribution in [1.82, 2.24) is 14.5 Å². The Morgan fingerprint density at radius 2 is 2.03 bits per heavy atom. The van der Waals surface area contributed by atoms with E-state index in [1.807, 2.05) is 41.9 Å². The monoisotopic (exact) mass is 433 g/mol. The Kier molecular flexibility index (Phi) is 6.75. The second kappa shape index (κ2) is 9.49. The molecular formula is C22H31N3O4S. The Labute approximate surface area is 178 Å². The maximum absolute atomic E-state index is 12.9. The number of ether oxygens (including phenoxy) is 2. The van der Waals surface area contributed by atoms with Gasteiger partial charge in [-0.3, -0.25) is 4.90 Å². The lowest BCUT2D eigenvalue weighted by atomic mass is 10.2. The molecule has 1 aromatic carbocycles. The molecule has 1 aliphatic heterocycles. The molecule has 7 nitrogen and oxygen atoms in total. The molecule has 2 fully saturated rings. The number of likely N-dealkylation sites (N-methyl/N-ethyl adjacent to an activating group) is 1. The van der Waals surface area contributed by atoms with Crippen molar-refractivity contribution in [2.75, 3.05) is 32.6 Å². The van der Waals surface area contributed by atoms with Crippen LogP contribution in [0.2, 0.25) is 0 Å². The van der Waals surface area contributed by atoms with E-state index in [4.69, 9.17) is 9.47 Å². The molecule has 2 aromatic rings. The summed E-state index contributed by atoms with van der Waals surface area (Å²) in [5.41, 5.74) is 0.905. The molecule has 1 saturated heterocycles. The molecule has 1 saturated carbocycles. The van der Waals surface area contributed by atoms with Crippen molar-refractivity contribution >= 4 is 9.84 Å². The van der Waals surface area contributed by atoms with Crippen LogP contribution in [0.15, 0.2) is 41.7 Å². The molecule has 0 amide bonds. The average molecular weight is 434 g/mol. The smallest absolute Gasteiger partial charge is 0.227 e. The molecule has 1 aliphatic carbocycles. The first kappa shape index (κ1) is 21.3. The molecule has 2 aliphatic rings. The van der Waals surface area contributed by atoms with Crippen LogP contribution in [0.4, 0.5) is 0 Å². The van der Waals surface area contributed by atoms with Gasteiger partial charge in [0.25, 0.3) is 0 Å². The summed E-state index contributed by atoms with van der Waals surface area (Å²) in [6.45, 7) is 3.19. The van der Waals surface area contributed by atoms with Crippen LogP contribution in [0.1, 0.15) is 31.4 Å². The minimum atomic E-state index is -3.38. The van der Waals surface area contributed by atoms with Gasteiger partial charge in [0.2, 0.25) is 15.0 Å². The van der Waals surface area contributed by atoms with Crippen LogP contribution in [0.25, 0.3) is 0 Å². The average Bonchev–Trinajstić information content (AvgIpc) is 3.21. The molecule has 8 heteroatoms. The summed E-state index contributed by atoms with van der Waals surface area (Å²) in [5.74, 6) is 1.35. The Bertz CT molecular complexity index is 919. The van der Waals surface area contributed by atoms with Crippen LogP contribution in [-0.4, -0.2) is 61.5 Å². The molecule has 0 radical (unpaired) electrons. The number of sulfone groups is 1. The van der Waals surface area contributed by atoms with Gasteiger partial charge >= 0.3 is 0 Å². The van der Waals surface area contributed by atoms with Gasteiger partial charge in [0.15, 0.2) is 0 Å². The minimum absolute atomic E-state index is 0.0551. The molecule has 1 aromatic heterocycles. The van der Waals surface area contributed by atoms with Crippen LogP contribution in [0.5, 0.6) is 5.75 Å². The molecule has 1 atom stereocenters. The zero-order valence-electron chi connectivity index (χ0n) is 17.6. The highest BCUT2D eigenvalue weighted by molar-refractivity contribution is 7.91. The summed E-state index contributed by atoms with van der Waals surface area (Å²) in [6.07, 6.45) is 5.75. The van der Waals surface area contributed by atoms with Gasteiger partial charge in [0.05, 0.1) is 30.3 Å². The van der Waals surface area contributed by atoms with E-state index in [2.05, 4.69) is 9.88 Å². The van der Waals surface area contributed by atoms with Crippen LogP contribution >= 0.6 is 0 Å². The Hall–Kier alpha value is -1.90. The number of benzene rings is 1. The minimum Gasteiger partial charge on any atom is -0.492 e. The lowest BCUT2D eigenvalue weighted by molar-refractivity contribution is 0.0933. The molecule has 0 bridgehead atoms. The summed E-state index contributed by atoms with van der Waals surface area (Å²) in [6, 6.07) is 9.74. The van der Waals surface area contributed by atoms with Crippen molar-refractivity contribution in [3.8, 4) is 5.75 Å². The van der Waals surface area contributed by atoms with Crippen LogP contribution in [-0.2, 0) is 27.7 Å². The van der Waals surface area contributed by atoms with Crippen LogP contribution < -0.4 is 4.74 Å². The normalized spacial score (nSPS) is 19.5. The SMILES string of the molecule is CN(CCOc1ccccc1)Cc1cnc(S(=O)(=O)CC2CC2)n1C[C@H]1CCCO1. The molecule has 0 unspecified atom stereocenters. The predicted octanol–water partition coefficient (Wildman–Crippen LogP) is 2.76. The quantitative estimate of drug-likeness (QED) is 0.543. The van der Waals surface area contributed by atoms with Gasteiger partial charge < -0.3 is 14.0 Å². The molecule has 2 heterocycles. The second-order valence-corrected chi connectivity index (χ2v) is 10.3. The molecule has 4 rings (SSSR count). The highest BCUT2D eigenvalue weighted by Gasteiger charge is 2.33. The second-order valence-electron chi connectivity index (χ2n) is 8.40. The maximum Gasteiger partial charge on any atom is 0.227 e. The zero-order chi connectivity index (χ0) is 21.0. The van der Waals surface area contributed by atoms with Gasteiger partial charge in [-0.2, -0.15) is 0 Å². The number of hydrogen-bond acceptors (Lipinski definition) is 6. The van der Waals surface area contributed by atoms with Crippen LogP contribution in [0, 0.1) is 5.92 Å². The Morgan fingerprint density at radius 3 is 2.73 bits per heavy atom. The fourth-order valence-corrected chi connectivity index (χ4v) is 5.66. The zero-order valence-corrected chi connectivity index (χ0v) is 18.4. The Morgan fingerprint density at radius 1 is 1.23 bits per heavy atom. The number of para-hydroxylation sites is 1. The number of rotatable bonds is 11. The first-order valence-corrected chi connectivity index (χ1v) is 12.4. The van der Waals surface area contributed by atoms with E-state index >= 15 is 0 Å². The van der Waals surface area contributed by atoms with Crippen molar-refractivity contribution in [1.29, 1.82) is 0 Å². The van der Waals surface area contributed by atoms with E-state index in [0.29, 0.717) is 25.6 Å².